The summed E-state index contributed by atoms with van der Waals surface area (Å²) in [6.45, 7) is 0. The fourth-order valence-electron chi connectivity index (χ4n) is 1.10. The Labute approximate surface area is 103 Å². The van der Waals surface area contributed by atoms with Crippen molar-refractivity contribution in [2.24, 2.45) is 0 Å². The summed E-state index contributed by atoms with van der Waals surface area (Å²) in [6.07, 6.45) is 0.299. The van der Waals surface area contributed by atoms with Gasteiger partial charge in [-0.2, -0.15) is 0 Å². The molecule has 0 aromatic heterocycles. The zero-order chi connectivity index (χ0) is 11.4. The van der Waals surface area contributed by atoms with Crippen LogP contribution in [-0.4, -0.2) is 18.5 Å². The van der Waals surface area contributed by atoms with Gasteiger partial charge in [-0.15, -0.1) is 11.6 Å². The third kappa shape index (κ3) is 3.56. The molecule has 0 aliphatic carbocycles. The molecule has 0 radical (unpaired) electrons. The lowest BCUT2D eigenvalue weighted by Gasteiger charge is -2.08. The molecule has 0 heterocycles. The standard InChI is InChI=1S/C10H9Cl3O2/c1-15-10(14)9(13)5-6-4-7(11)2-3-8(6)12/h2-4,9H,5H2,1H3. The van der Waals surface area contributed by atoms with E-state index in [2.05, 4.69) is 4.74 Å². The van der Waals surface area contributed by atoms with Crippen LogP contribution in [0.15, 0.2) is 18.2 Å². The van der Waals surface area contributed by atoms with Crippen LogP contribution in [0.3, 0.4) is 0 Å². The molecule has 0 saturated heterocycles. The first kappa shape index (κ1) is 12.6. The zero-order valence-corrected chi connectivity index (χ0v) is 10.2. The van der Waals surface area contributed by atoms with Crippen LogP contribution in [0.4, 0.5) is 0 Å². The fourth-order valence-corrected chi connectivity index (χ4v) is 1.75. The van der Waals surface area contributed by atoms with Gasteiger partial charge in [-0.3, -0.25) is 4.79 Å². The minimum atomic E-state index is -0.744. The first-order valence-electron chi connectivity index (χ1n) is 4.20. The van der Waals surface area contributed by atoms with Crippen LogP contribution < -0.4 is 0 Å². The predicted octanol–water partition coefficient (Wildman–Crippen LogP) is 3.32. The molecule has 1 aromatic rings. The van der Waals surface area contributed by atoms with Crippen LogP contribution in [0, 0.1) is 0 Å². The monoisotopic (exact) mass is 266 g/mol. The summed E-state index contributed by atoms with van der Waals surface area (Å²) >= 11 is 17.5. The number of alkyl halides is 1. The quantitative estimate of drug-likeness (QED) is 0.620. The maximum Gasteiger partial charge on any atom is 0.324 e. The smallest absolute Gasteiger partial charge is 0.324 e. The molecule has 15 heavy (non-hydrogen) atoms. The van der Waals surface area contributed by atoms with Crippen LogP contribution in [0.5, 0.6) is 0 Å². The summed E-state index contributed by atoms with van der Waals surface area (Å²) < 4.78 is 4.51. The maximum absolute atomic E-state index is 11.1. The number of methoxy groups -OCH3 is 1. The Hall–Kier alpha value is -0.440. The van der Waals surface area contributed by atoms with Gasteiger partial charge in [-0.1, -0.05) is 23.2 Å². The lowest BCUT2D eigenvalue weighted by molar-refractivity contribution is -0.140. The zero-order valence-electron chi connectivity index (χ0n) is 7.97. The first-order valence-corrected chi connectivity index (χ1v) is 5.39. The van der Waals surface area contributed by atoms with Crippen molar-refractivity contribution in [1.82, 2.24) is 0 Å². The lowest BCUT2D eigenvalue weighted by atomic mass is 10.1. The average Bonchev–Trinajstić information content (AvgIpc) is 2.22. The van der Waals surface area contributed by atoms with Gasteiger partial charge in [-0.05, 0) is 23.8 Å². The van der Waals surface area contributed by atoms with Crippen LogP contribution in [0.25, 0.3) is 0 Å². The van der Waals surface area contributed by atoms with Crippen molar-refractivity contribution in [2.75, 3.05) is 7.11 Å². The minimum Gasteiger partial charge on any atom is -0.468 e. The van der Waals surface area contributed by atoms with Crippen LogP contribution in [0.1, 0.15) is 5.56 Å². The number of carbonyl (C=O) groups excluding carboxylic acids is 1. The van der Waals surface area contributed by atoms with E-state index in [1.807, 2.05) is 0 Å². The molecule has 1 atom stereocenters. The highest BCUT2D eigenvalue weighted by molar-refractivity contribution is 6.34. The van der Waals surface area contributed by atoms with E-state index in [0.717, 1.165) is 5.56 Å². The third-order valence-corrected chi connectivity index (χ3v) is 2.80. The molecule has 0 saturated carbocycles. The predicted molar refractivity (Wildman–Crippen MR) is 61.8 cm³/mol. The second-order valence-electron chi connectivity index (χ2n) is 2.93. The molecule has 1 unspecified atom stereocenters. The van der Waals surface area contributed by atoms with E-state index in [-0.39, 0.29) is 0 Å². The number of rotatable bonds is 3. The van der Waals surface area contributed by atoms with Gasteiger partial charge in [0, 0.05) is 16.5 Å². The summed E-state index contributed by atoms with van der Waals surface area (Å²) in [4.78, 5) is 11.1. The van der Waals surface area contributed by atoms with Crippen molar-refractivity contribution in [3.63, 3.8) is 0 Å². The Kier molecular flexibility index (Phi) is 4.71. The van der Waals surface area contributed by atoms with Gasteiger partial charge in [0.2, 0.25) is 0 Å². The van der Waals surface area contributed by atoms with E-state index in [4.69, 9.17) is 34.8 Å². The van der Waals surface area contributed by atoms with Gasteiger partial charge in [-0.25, -0.2) is 0 Å². The molecule has 0 aliphatic heterocycles. The van der Waals surface area contributed by atoms with Crippen molar-refractivity contribution in [3.05, 3.63) is 33.8 Å². The molecule has 0 amide bonds. The molecule has 0 spiro atoms. The van der Waals surface area contributed by atoms with Gasteiger partial charge in [0.1, 0.15) is 5.38 Å². The van der Waals surface area contributed by atoms with Gasteiger partial charge in [0.25, 0.3) is 0 Å². The highest BCUT2D eigenvalue weighted by atomic mass is 35.5. The highest BCUT2D eigenvalue weighted by Gasteiger charge is 2.17. The number of ether oxygens (including phenoxy) is 1. The minimum absolute atomic E-state index is 0.299. The first-order chi connectivity index (χ1) is 7.04. The summed E-state index contributed by atoms with van der Waals surface area (Å²) in [5.41, 5.74) is 0.731. The largest absolute Gasteiger partial charge is 0.468 e. The van der Waals surface area contributed by atoms with Gasteiger partial charge >= 0.3 is 5.97 Å². The third-order valence-electron chi connectivity index (χ3n) is 1.86. The Morgan fingerprint density at radius 2 is 2.13 bits per heavy atom. The van der Waals surface area contributed by atoms with Crippen molar-refractivity contribution in [3.8, 4) is 0 Å². The average molecular weight is 268 g/mol. The molecule has 5 heteroatoms. The summed E-state index contributed by atoms with van der Waals surface area (Å²) in [5, 5.41) is 0.350. The number of hydrogen-bond acceptors (Lipinski definition) is 2. The highest BCUT2D eigenvalue weighted by Crippen LogP contribution is 2.23. The summed E-state index contributed by atoms with van der Waals surface area (Å²) in [5.74, 6) is -0.479. The lowest BCUT2D eigenvalue weighted by Crippen LogP contribution is -2.18. The van der Waals surface area contributed by atoms with Crippen molar-refractivity contribution in [1.29, 1.82) is 0 Å². The number of hydrogen-bond donors (Lipinski definition) is 0. The summed E-state index contributed by atoms with van der Waals surface area (Å²) in [7, 11) is 1.29. The van der Waals surface area contributed by atoms with E-state index in [9.17, 15) is 4.79 Å². The SMILES string of the molecule is COC(=O)C(Cl)Cc1cc(Cl)ccc1Cl. The molecule has 1 rings (SSSR count). The van der Waals surface area contributed by atoms with Gasteiger partial charge in [0.05, 0.1) is 7.11 Å². The van der Waals surface area contributed by atoms with Gasteiger partial charge < -0.3 is 4.74 Å². The number of carbonyl (C=O) groups is 1. The van der Waals surface area contributed by atoms with Crippen LogP contribution in [-0.2, 0) is 16.0 Å². The molecule has 0 bridgehead atoms. The molecular formula is C10H9Cl3O2. The van der Waals surface area contributed by atoms with Crippen molar-refractivity contribution in [2.45, 2.75) is 11.8 Å². The second-order valence-corrected chi connectivity index (χ2v) is 4.30. The van der Waals surface area contributed by atoms with Crippen LogP contribution in [0.2, 0.25) is 10.0 Å². The molecule has 82 valence electrons. The Morgan fingerprint density at radius 3 is 2.73 bits per heavy atom. The van der Waals surface area contributed by atoms with E-state index in [1.165, 1.54) is 7.11 Å². The maximum atomic E-state index is 11.1. The topological polar surface area (TPSA) is 26.3 Å². The Balaban J connectivity index is 2.80. The molecule has 2 nitrogen and oxygen atoms in total. The van der Waals surface area contributed by atoms with E-state index in [1.54, 1.807) is 18.2 Å². The van der Waals surface area contributed by atoms with Crippen LogP contribution >= 0.6 is 34.8 Å². The van der Waals surface area contributed by atoms with E-state index in [0.29, 0.717) is 16.5 Å². The fraction of sp³-hybridized carbons (Fsp3) is 0.300. The number of esters is 1. The van der Waals surface area contributed by atoms with Gasteiger partial charge in [0.15, 0.2) is 0 Å². The molecule has 1 aromatic carbocycles. The normalized spacial score (nSPS) is 12.3. The molecule has 0 fully saturated rings. The summed E-state index contributed by atoms with van der Waals surface area (Å²) in [6, 6.07) is 5.02. The molecular weight excluding hydrogens is 258 g/mol. The van der Waals surface area contributed by atoms with E-state index < -0.39 is 11.3 Å². The molecule has 0 N–H and O–H groups in total. The number of benzene rings is 1. The van der Waals surface area contributed by atoms with Crippen molar-refractivity contribution < 1.29 is 9.53 Å². The molecule has 0 aliphatic rings. The van der Waals surface area contributed by atoms with Crippen molar-refractivity contribution >= 4 is 40.8 Å². The Bertz CT molecular complexity index is 366. The van der Waals surface area contributed by atoms with E-state index >= 15 is 0 Å². The second kappa shape index (κ2) is 5.59. The Morgan fingerprint density at radius 1 is 1.47 bits per heavy atom. The number of halogens is 3.